The number of anilines is 1. The summed E-state index contributed by atoms with van der Waals surface area (Å²) in [4.78, 5) is 7.42. The number of aryl methyl sites for hydroxylation is 1. The second kappa shape index (κ2) is 8.48. The Kier molecular flexibility index (Phi) is 5.64. The van der Waals surface area contributed by atoms with E-state index in [1.165, 1.54) is 34.6 Å². The van der Waals surface area contributed by atoms with Crippen molar-refractivity contribution in [1.29, 1.82) is 0 Å². The van der Waals surface area contributed by atoms with Crippen LogP contribution < -0.4 is 5.01 Å². The van der Waals surface area contributed by atoms with Crippen molar-refractivity contribution in [1.82, 2.24) is 4.98 Å². The first-order valence-corrected chi connectivity index (χ1v) is 13.8. The molecule has 1 unspecified atom stereocenters. The number of rotatable bonds is 5. The molecular weight excluding hydrogens is 477 g/mol. The maximum Gasteiger partial charge on any atom is 0.207 e. The van der Waals surface area contributed by atoms with Gasteiger partial charge in [0.1, 0.15) is 5.82 Å². The molecule has 0 bridgehead atoms. The Balaban J connectivity index is 1.50. The second-order valence-electron chi connectivity index (χ2n) is 7.88. The van der Waals surface area contributed by atoms with Crippen molar-refractivity contribution < 1.29 is 12.8 Å². The van der Waals surface area contributed by atoms with Crippen molar-refractivity contribution in [2.75, 3.05) is 11.3 Å². The molecule has 3 heterocycles. The summed E-state index contributed by atoms with van der Waals surface area (Å²) in [6.07, 6.45) is 1.89. The first kappa shape index (κ1) is 21.9. The maximum absolute atomic E-state index is 13.5. The molecule has 0 N–H and O–H groups in total. The number of aromatic nitrogens is 1. The predicted molar refractivity (Wildman–Crippen MR) is 132 cm³/mol. The number of hydrogen-bond acceptors (Lipinski definition) is 7. The minimum atomic E-state index is -3.25. The Morgan fingerprint density at radius 1 is 1.03 bits per heavy atom. The van der Waals surface area contributed by atoms with Gasteiger partial charge in [0.25, 0.3) is 0 Å². The average molecular weight is 498 g/mol. The van der Waals surface area contributed by atoms with Crippen LogP contribution in [0.4, 0.5) is 9.52 Å². The minimum absolute atomic E-state index is 0.0883. The highest BCUT2D eigenvalue weighted by atomic mass is 32.2. The summed E-state index contributed by atoms with van der Waals surface area (Å²) >= 11 is 3.18. The van der Waals surface area contributed by atoms with Gasteiger partial charge < -0.3 is 0 Å². The third-order valence-electron chi connectivity index (χ3n) is 5.46. The molecular formula is C24H20FN3O2S3. The van der Waals surface area contributed by atoms with Crippen molar-refractivity contribution >= 4 is 43.4 Å². The molecule has 0 saturated carbocycles. The van der Waals surface area contributed by atoms with E-state index in [4.69, 9.17) is 10.1 Å². The summed E-state index contributed by atoms with van der Waals surface area (Å²) in [6, 6.07) is 17.3. The van der Waals surface area contributed by atoms with E-state index < -0.39 is 9.84 Å². The Bertz CT molecular complexity index is 1440. The third-order valence-corrected chi connectivity index (χ3v) is 8.46. The fourth-order valence-corrected chi connectivity index (χ4v) is 6.07. The smallest absolute Gasteiger partial charge is 0.207 e. The third kappa shape index (κ3) is 4.48. The van der Waals surface area contributed by atoms with Crippen molar-refractivity contribution in [2.24, 2.45) is 5.10 Å². The number of hydrogen-bond donors (Lipinski definition) is 0. The Morgan fingerprint density at radius 3 is 2.39 bits per heavy atom. The number of nitrogens with zero attached hydrogens (tertiary/aromatic N) is 3. The van der Waals surface area contributed by atoms with Crippen LogP contribution in [-0.2, 0) is 9.84 Å². The van der Waals surface area contributed by atoms with E-state index in [2.05, 4.69) is 19.1 Å². The topological polar surface area (TPSA) is 62.6 Å². The van der Waals surface area contributed by atoms with E-state index in [1.54, 1.807) is 47.7 Å². The van der Waals surface area contributed by atoms with Gasteiger partial charge in [0.2, 0.25) is 5.13 Å². The molecule has 0 radical (unpaired) electrons. The van der Waals surface area contributed by atoms with E-state index in [9.17, 15) is 12.8 Å². The molecule has 5 rings (SSSR count). The number of sulfone groups is 1. The molecule has 168 valence electrons. The Hall–Kier alpha value is -2.88. The molecule has 2 aromatic heterocycles. The van der Waals surface area contributed by atoms with E-state index in [-0.39, 0.29) is 16.8 Å². The summed E-state index contributed by atoms with van der Waals surface area (Å²) in [7, 11) is -3.25. The van der Waals surface area contributed by atoms with Crippen LogP contribution in [0.1, 0.15) is 27.8 Å². The molecule has 0 spiro atoms. The highest BCUT2D eigenvalue weighted by Crippen LogP contribution is 2.40. The summed E-state index contributed by atoms with van der Waals surface area (Å²) in [5, 5.41) is 9.50. The summed E-state index contributed by atoms with van der Waals surface area (Å²) in [6.45, 7) is 2.07. The molecule has 1 atom stereocenters. The summed E-state index contributed by atoms with van der Waals surface area (Å²) in [5.41, 5.74) is 3.54. The lowest BCUT2D eigenvalue weighted by Crippen LogP contribution is -2.18. The lowest BCUT2D eigenvalue weighted by molar-refractivity contribution is 0.602. The Morgan fingerprint density at radius 2 is 1.76 bits per heavy atom. The van der Waals surface area contributed by atoms with Crippen molar-refractivity contribution in [3.05, 3.63) is 87.2 Å². The number of hydrazone groups is 1. The zero-order valence-electron chi connectivity index (χ0n) is 17.9. The van der Waals surface area contributed by atoms with Crippen LogP contribution in [0, 0.1) is 12.7 Å². The van der Waals surface area contributed by atoms with Gasteiger partial charge in [-0.2, -0.15) is 5.10 Å². The van der Waals surface area contributed by atoms with E-state index in [1.807, 2.05) is 10.4 Å². The zero-order chi connectivity index (χ0) is 23.2. The van der Waals surface area contributed by atoms with Gasteiger partial charge in [-0.25, -0.2) is 22.8 Å². The second-order valence-corrected chi connectivity index (χ2v) is 12.0. The van der Waals surface area contributed by atoms with E-state index in [0.29, 0.717) is 6.42 Å². The molecule has 1 aliphatic heterocycles. The van der Waals surface area contributed by atoms with Crippen molar-refractivity contribution in [3.8, 4) is 11.3 Å². The van der Waals surface area contributed by atoms with Gasteiger partial charge in [-0.05, 0) is 48.9 Å². The van der Waals surface area contributed by atoms with Crippen molar-refractivity contribution in [3.63, 3.8) is 0 Å². The predicted octanol–water partition coefficient (Wildman–Crippen LogP) is 6.08. The highest BCUT2D eigenvalue weighted by Gasteiger charge is 2.32. The number of thiophene rings is 1. The number of thiazole rings is 1. The molecule has 9 heteroatoms. The van der Waals surface area contributed by atoms with Gasteiger partial charge in [0.15, 0.2) is 9.84 Å². The largest absolute Gasteiger partial charge is 0.231 e. The van der Waals surface area contributed by atoms with Crippen LogP contribution in [0.25, 0.3) is 11.3 Å². The molecule has 0 aliphatic carbocycles. The highest BCUT2D eigenvalue weighted by molar-refractivity contribution is 7.90. The van der Waals surface area contributed by atoms with Gasteiger partial charge in [-0.3, -0.25) is 0 Å². The van der Waals surface area contributed by atoms with Crippen LogP contribution in [-0.4, -0.2) is 25.4 Å². The van der Waals surface area contributed by atoms with Crippen LogP contribution in [0.15, 0.2) is 76.0 Å². The zero-order valence-corrected chi connectivity index (χ0v) is 20.3. The molecule has 2 aromatic carbocycles. The standard InChI is InChI=1S/C24H20FN3O2S3/c1-15-3-12-23(32-15)20-13-22(17-4-8-18(25)9-5-17)28(27-20)24-26-21(14-31-24)16-6-10-19(11-7-16)33(2,29)30/h3-12,14,22H,13H2,1-2H3. The van der Waals surface area contributed by atoms with Gasteiger partial charge >= 0.3 is 0 Å². The quantitative estimate of drug-likeness (QED) is 0.335. The first-order valence-electron chi connectivity index (χ1n) is 10.2. The first-order chi connectivity index (χ1) is 15.8. The van der Waals surface area contributed by atoms with Crippen LogP contribution in [0.2, 0.25) is 0 Å². The Labute approximate surface area is 199 Å². The fourth-order valence-electron chi connectivity index (χ4n) is 3.74. The lowest BCUT2D eigenvalue weighted by Gasteiger charge is -2.21. The van der Waals surface area contributed by atoms with E-state index >= 15 is 0 Å². The number of halogens is 1. The monoisotopic (exact) mass is 497 g/mol. The molecule has 5 nitrogen and oxygen atoms in total. The SMILES string of the molecule is Cc1ccc(C2=NN(c3nc(-c4ccc(S(C)(=O)=O)cc4)cs3)C(c3ccc(F)cc3)C2)s1. The minimum Gasteiger partial charge on any atom is -0.231 e. The van der Waals surface area contributed by atoms with Gasteiger partial charge in [0.05, 0.1) is 27.2 Å². The van der Waals surface area contributed by atoms with Crippen LogP contribution >= 0.6 is 22.7 Å². The molecule has 4 aromatic rings. The molecule has 0 fully saturated rings. The summed E-state index contributed by atoms with van der Waals surface area (Å²) in [5.74, 6) is -0.271. The van der Waals surface area contributed by atoms with Crippen LogP contribution in [0.5, 0.6) is 0 Å². The van der Waals surface area contributed by atoms with Crippen LogP contribution in [0.3, 0.4) is 0 Å². The molecule has 33 heavy (non-hydrogen) atoms. The molecule has 1 aliphatic rings. The maximum atomic E-state index is 13.5. The average Bonchev–Trinajstić information content (AvgIpc) is 3.53. The van der Waals surface area contributed by atoms with Gasteiger partial charge in [-0.1, -0.05) is 24.3 Å². The normalized spacial score (nSPS) is 16.3. The number of benzene rings is 2. The lowest BCUT2D eigenvalue weighted by atomic mass is 10.0. The van der Waals surface area contributed by atoms with Crippen molar-refractivity contribution in [2.45, 2.75) is 24.3 Å². The van der Waals surface area contributed by atoms with Gasteiger partial charge in [0, 0.05) is 28.5 Å². The molecule has 0 amide bonds. The summed E-state index contributed by atoms with van der Waals surface area (Å²) < 4.78 is 37.0. The molecule has 0 saturated heterocycles. The fraction of sp³-hybridized carbons (Fsp3) is 0.167. The van der Waals surface area contributed by atoms with E-state index in [0.717, 1.165) is 32.5 Å². The van der Waals surface area contributed by atoms with Gasteiger partial charge in [-0.15, -0.1) is 22.7 Å².